The van der Waals surface area contributed by atoms with Gasteiger partial charge >= 0.3 is 0 Å². The van der Waals surface area contributed by atoms with Crippen molar-refractivity contribution in [1.29, 1.82) is 0 Å². The van der Waals surface area contributed by atoms with E-state index < -0.39 is 0 Å². The standard InChI is InChI=1S/C24H50/c1-4-7-9-11-13-14-15-17-19-21-23-24(6-3)22-20-18-16-12-10-8-5-2/h24H,4-23H2,1-3H3. The lowest BCUT2D eigenvalue weighted by Gasteiger charge is -2.14. The molecule has 1 atom stereocenters. The van der Waals surface area contributed by atoms with Crippen LogP contribution >= 0.6 is 0 Å². The molecule has 1 unspecified atom stereocenters. The fraction of sp³-hybridized carbons (Fsp3) is 1.00. The van der Waals surface area contributed by atoms with E-state index in [1.165, 1.54) is 128 Å². The zero-order valence-corrected chi connectivity index (χ0v) is 17.7. The number of unbranched alkanes of at least 4 members (excludes halogenated alkanes) is 15. The van der Waals surface area contributed by atoms with Gasteiger partial charge in [-0.05, 0) is 5.92 Å². The maximum atomic E-state index is 2.40. The SMILES string of the molecule is CCCCCCCCCCCCC(CC)CCCCCCCCC. The van der Waals surface area contributed by atoms with Gasteiger partial charge in [0.25, 0.3) is 0 Å². The second-order valence-corrected chi connectivity index (χ2v) is 8.15. The summed E-state index contributed by atoms with van der Waals surface area (Å²) in [5, 5.41) is 0. The summed E-state index contributed by atoms with van der Waals surface area (Å²) in [5.74, 6) is 1.02. The Hall–Kier alpha value is 0. The smallest absolute Gasteiger partial charge is 0.0417 e. The van der Waals surface area contributed by atoms with E-state index in [4.69, 9.17) is 0 Å². The zero-order valence-electron chi connectivity index (χ0n) is 17.7. The Bertz CT molecular complexity index is 208. The third-order valence-corrected chi connectivity index (χ3v) is 5.76. The van der Waals surface area contributed by atoms with E-state index in [-0.39, 0.29) is 0 Å². The summed E-state index contributed by atoms with van der Waals surface area (Å²) in [7, 11) is 0. The van der Waals surface area contributed by atoms with Crippen molar-refractivity contribution in [3.8, 4) is 0 Å². The Morgan fingerprint density at radius 3 is 0.958 bits per heavy atom. The fourth-order valence-electron chi connectivity index (χ4n) is 3.86. The summed E-state index contributed by atoms with van der Waals surface area (Å²) in [4.78, 5) is 0. The lowest BCUT2D eigenvalue weighted by Crippen LogP contribution is -1.99. The molecule has 0 aliphatic rings. The van der Waals surface area contributed by atoms with E-state index in [2.05, 4.69) is 20.8 Å². The monoisotopic (exact) mass is 338 g/mol. The predicted molar refractivity (Wildman–Crippen MR) is 113 cm³/mol. The van der Waals surface area contributed by atoms with Crippen molar-refractivity contribution in [1.82, 2.24) is 0 Å². The van der Waals surface area contributed by atoms with Gasteiger partial charge in [-0.3, -0.25) is 0 Å². The Labute approximate surface area is 155 Å². The average Bonchev–Trinajstić information content (AvgIpc) is 2.60. The molecule has 0 rings (SSSR count). The van der Waals surface area contributed by atoms with Crippen LogP contribution in [0.1, 0.15) is 149 Å². The summed E-state index contributed by atoms with van der Waals surface area (Å²) in [6.07, 6.45) is 29.3. The molecule has 0 aliphatic heterocycles. The van der Waals surface area contributed by atoms with Crippen molar-refractivity contribution in [2.75, 3.05) is 0 Å². The first kappa shape index (κ1) is 24.0. The van der Waals surface area contributed by atoms with E-state index in [1.807, 2.05) is 0 Å². The van der Waals surface area contributed by atoms with Crippen LogP contribution in [0.15, 0.2) is 0 Å². The molecule has 0 spiro atoms. The number of hydrogen-bond acceptors (Lipinski definition) is 0. The maximum absolute atomic E-state index is 2.40. The highest BCUT2D eigenvalue weighted by Gasteiger charge is 2.05. The van der Waals surface area contributed by atoms with Crippen molar-refractivity contribution in [3.63, 3.8) is 0 Å². The molecule has 0 heteroatoms. The van der Waals surface area contributed by atoms with Crippen molar-refractivity contribution >= 4 is 0 Å². The van der Waals surface area contributed by atoms with Crippen LogP contribution in [0.2, 0.25) is 0 Å². The van der Waals surface area contributed by atoms with Gasteiger partial charge in [-0.15, -0.1) is 0 Å². The summed E-state index contributed by atoms with van der Waals surface area (Å²) in [5.41, 5.74) is 0. The molecule has 0 aromatic rings. The van der Waals surface area contributed by atoms with Gasteiger partial charge in [-0.1, -0.05) is 149 Å². The lowest BCUT2D eigenvalue weighted by atomic mass is 9.92. The first-order valence-corrected chi connectivity index (χ1v) is 11.8. The Kier molecular flexibility index (Phi) is 21.0. The van der Waals surface area contributed by atoms with Gasteiger partial charge in [0.15, 0.2) is 0 Å². The molecule has 0 amide bonds. The van der Waals surface area contributed by atoms with E-state index in [0.29, 0.717) is 0 Å². The number of hydrogen-bond donors (Lipinski definition) is 0. The first-order chi connectivity index (χ1) is 11.8. The second kappa shape index (κ2) is 21.0. The van der Waals surface area contributed by atoms with Crippen LogP contribution < -0.4 is 0 Å². The van der Waals surface area contributed by atoms with Crippen LogP contribution in [0.5, 0.6) is 0 Å². The molecule has 0 radical (unpaired) electrons. The summed E-state index contributed by atoms with van der Waals surface area (Å²) in [6.45, 7) is 7.01. The molecule has 146 valence electrons. The van der Waals surface area contributed by atoms with Crippen LogP contribution in [-0.4, -0.2) is 0 Å². The lowest BCUT2D eigenvalue weighted by molar-refractivity contribution is 0.392. The van der Waals surface area contributed by atoms with E-state index >= 15 is 0 Å². The van der Waals surface area contributed by atoms with Gasteiger partial charge in [-0.2, -0.15) is 0 Å². The maximum Gasteiger partial charge on any atom is -0.0417 e. The van der Waals surface area contributed by atoms with E-state index in [0.717, 1.165) is 5.92 Å². The molecule has 0 bridgehead atoms. The molecule has 0 aromatic carbocycles. The Morgan fingerprint density at radius 2 is 0.667 bits per heavy atom. The van der Waals surface area contributed by atoms with Gasteiger partial charge in [-0.25, -0.2) is 0 Å². The van der Waals surface area contributed by atoms with E-state index in [9.17, 15) is 0 Å². The first-order valence-electron chi connectivity index (χ1n) is 11.8. The molecular formula is C24H50. The number of rotatable bonds is 20. The Morgan fingerprint density at radius 1 is 0.375 bits per heavy atom. The van der Waals surface area contributed by atoms with Crippen molar-refractivity contribution < 1.29 is 0 Å². The third-order valence-electron chi connectivity index (χ3n) is 5.76. The minimum Gasteiger partial charge on any atom is -0.0654 e. The van der Waals surface area contributed by atoms with Gasteiger partial charge in [0.2, 0.25) is 0 Å². The Balaban J connectivity index is 3.27. The highest BCUT2D eigenvalue weighted by atomic mass is 14.1. The molecule has 0 aromatic heterocycles. The molecule has 0 N–H and O–H groups in total. The molecule has 0 saturated heterocycles. The molecule has 24 heavy (non-hydrogen) atoms. The van der Waals surface area contributed by atoms with Crippen LogP contribution in [0.4, 0.5) is 0 Å². The van der Waals surface area contributed by atoms with Crippen molar-refractivity contribution in [3.05, 3.63) is 0 Å². The van der Waals surface area contributed by atoms with Gasteiger partial charge in [0.05, 0.1) is 0 Å². The normalized spacial score (nSPS) is 12.6. The topological polar surface area (TPSA) is 0 Å². The highest BCUT2D eigenvalue weighted by Crippen LogP contribution is 2.21. The van der Waals surface area contributed by atoms with Crippen molar-refractivity contribution in [2.24, 2.45) is 5.92 Å². The summed E-state index contributed by atoms with van der Waals surface area (Å²) < 4.78 is 0. The van der Waals surface area contributed by atoms with Crippen LogP contribution in [0.25, 0.3) is 0 Å². The quantitative estimate of drug-likeness (QED) is 0.194. The van der Waals surface area contributed by atoms with Crippen LogP contribution in [0.3, 0.4) is 0 Å². The van der Waals surface area contributed by atoms with Gasteiger partial charge < -0.3 is 0 Å². The molecule has 0 aliphatic carbocycles. The molecule has 0 fully saturated rings. The fourth-order valence-corrected chi connectivity index (χ4v) is 3.86. The second-order valence-electron chi connectivity index (χ2n) is 8.15. The van der Waals surface area contributed by atoms with Crippen LogP contribution in [-0.2, 0) is 0 Å². The average molecular weight is 339 g/mol. The third kappa shape index (κ3) is 18.3. The highest BCUT2D eigenvalue weighted by molar-refractivity contribution is 4.59. The largest absolute Gasteiger partial charge is 0.0654 e. The minimum absolute atomic E-state index is 1.02. The molecular weight excluding hydrogens is 288 g/mol. The van der Waals surface area contributed by atoms with Gasteiger partial charge in [0.1, 0.15) is 0 Å². The predicted octanol–water partition coefficient (Wildman–Crippen LogP) is 9.46. The van der Waals surface area contributed by atoms with Crippen molar-refractivity contribution in [2.45, 2.75) is 149 Å². The molecule has 0 saturated carbocycles. The van der Waals surface area contributed by atoms with Crippen LogP contribution in [0, 0.1) is 5.92 Å². The summed E-state index contributed by atoms with van der Waals surface area (Å²) in [6, 6.07) is 0. The molecule has 0 heterocycles. The summed E-state index contributed by atoms with van der Waals surface area (Å²) >= 11 is 0. The molecule has 0 nitrogen and oxygen atoms in total. The van der Waals surface area contributed by atoms with E-state index in [1.54, 1.807) is 0 Å². The zero-order chi connectivity index (χ0) is 17.7. The van der Waals surface area contributed by atoms with Gasteiger partial charge in [0, 0.05) is 0 Å². The minimum atomic E-state index is 1.02.